The average Bonchev–Trinajstić information content (AvgIpc) is 3.32. The summed E-state index contributed by atoms with van der Waals surface area (Å²) >= 11 is 5.01. The first-order chi connectivity index (χ1) is 15.9. The molecule has 1 fully saturated rings. The molecule has 9 heteroatoms. The van der Waals surface area contributed by atoms with Crippen molar-refractivity contribution in [2.75, 3.05) is 32.2 Å². The summed E-state index contributed by atoms with van der Waals surface area (Å²) in [5, 5.41) is 3.38. The molecular formula is C24H27BrN2O4S2. The fourth-order valence-electron chi connectivity index (χ4n) is 4.04. The van der Waals surface area contributed by atoms with Gasteiger partial charge < -0.3 is 14.4 Å². The minimum atomic E-state index is -3.32. The third kappa shape index (κ3) is 5.36. The van der Waals surface area contributed by atoms with Crippen LogP contribution in [0.2, 0.25) is 0 Å². The predicted molar refractivity (Wildman–Crippen MR) is 136 cm³/mol. The topological polar surface area (TPSA) is 68.7 Å². The Kier molecular flexibility index (Phi) is 7.61. The molecule has 176 valence electrons. The Morgan fingerprint density at radius 2 is 1.70 bits per heavy atom. The van der Waals surface area contributed by atoms with Crippen LogP contribution in [0.1, 0.15) is 29.7 Å². The molecule has 3 aromatic rings. The maximum atomic E-state index is 13.1. The molecule has 0 N–H and O–H groups in total. The van der Waals surface area contributed by atoms with E-state index < -0.39 is 9.84 Å². The number of piperidine rings is 1. The summed E-state index contributed by atoms with van der Waals surface area (Å²) < 4.78 is 36.8. The van der Waals surface area contributed by atoms with Gasteiger partial charge in [-0.3, -0.25) is 0 Å². The zero-order valence-electron chi connectivity index (χ0n) is 18.7. The second-order valence-electron chi connectivity index (χ2n) is 8.00. The van der Waals surface area contributed by atoms with Crippen molar-refractivity contribution in [2.45, 2.75) is 34.7 Å². The number of rotatable bonds is 8. The SMILES string of the molecule is COc1ccc(Cc2csc(N3CCC(S(=O)(=O)c4ccc(CBr)cc4)CC3)n2)cc1OC. The molecule has 2 aromatic carbocycles. The summed E-state index contributed by atoms with van der Waals surface area (Å²) in [4.78, 5) is 7.42. The third-order valence-electron chi connectivity index (χ3n) is 5.93. The number of alkyl halides is 1. The molecule has 0 radical (unpaired) electrons. The second-order valence-corrected chi connectivity index (χ2v) is 11.6. The molecule has 6 nitrogen and oxygen atoms in total. The number of hydrogen-bond donors (Lipinski definition) is 0. The number of aromatic nitrogens is 1. The Bertz CT molecular complexity index is 1190. The summed E-state index contributed by atoms with van der Waals surface area (Å²) in [7, 11) is -0.0679. The standard InChI is InChI=1S/C24H27BrN2O4S2/c1-30-22-8-5-18(14-23(22)31-2)13-19-16-32-24(26-19)27-11-9-21(10-12-27)33(28,29)20-6-3-17(15-25)4-7-20/h3-8,14,16,21H,9-13,15H2,1-2H3. The molecule has 1 aliphatic heterocycles. The van der Waals surface area contributed by atoms with Crippen LogP contribution in [0.5, 0.6) is 11.5 Å². The fourth-order valence-corrected chi connectivity index (χ4v) is 7.03. The van der Waals surface area contributed by atoms with Crippen molar-refractivity contribution in [1.29, 1.82) is 0 Å². The van der Waals surface area contributed by atoms with E-state index in [1.54, 1.807) is 37.7 Å². The van der Waals surface area contributed by atoms with Gasteiger partial charge in [0.05, 0.1) is 30.1 Å². The number of halogens is 1. The van der Waals surface area contributed by atoms with Crippen LogP contribution in [-0.4, -0.2) is 46.0 Å². The Balaban J connectivity index is 1.38. The molecule has 33 heavy (non-hydrogen) atoms. The van der Waals surface area contributed by atoms with Crippen molar-refractivity contribution < 1.29 is 17.9 Å². The summed E-state index contributed by atoms with van der Waals surface area (Å²) in [6, 6.07) is 13.1. The van der Waals surface area contributed by atoms with E-state index in [1.807, 2.05) is 30.3 Å². The molecule has 0 spiro atoms. The minimum absolute atomic E-state index is 0.352. The predicted octanol–water partition coefficient (Wildman–Crippen LogP) is 5.09. The van der Waals surface area contributed by atoms with E-state index in [1.165, 1.54) is 0 Å². The molecular weight excluding hydrogens is 524 g/mol. The number of sulfone groups is 1. The maximum absolute atomic E-state index is 13.1. The van der Waals surface area contributed by atoms with Crippen molar-refractivity contribution >= 4 is 42.2 Å². The van der Waals surface area contributed by atoms with E-state index >= 15 is 0 Å². The molecule has 1 aromatic heterocycles. The lowest BCUT2D eigenvalue weighted by atomic mass is 10.1. The first kappa shape index (κ1) is 24.0. The van der Waals surface area contributed by atoms with E-state index in [9.17, 15) is 8.42 Å². The van der Waals surface area contributed by atoms with Crippen LogP contribution in [0.15, 0.2) is 52.7 Å². The monoisotopic (exact) mass is 550 g/mol. The van der Waals surface area contributed by atoms with E-state index in [0.29, 0.717) is 54.1 Å². The third-order valence-corrected chi connectivity index (χ3v) is 9.81. The van der Waals surface area contributed by atoms with Crippen LogP contribution < -0.4 is 14.4 Å². The maximum Gasteiger partial charge on any atom is 0.185 e. The van der Waals surface area contributed by atoms with Gasteiger partial charge in [0.25, 0.3) is 0 Å². The molecule has 0 amide bonds. The molecule has 1 saturated heterocycles. The van der Waals surface area contributed by atoms with E-state index in [-0.39, 0.29) is 5.25 Å². The zero-order valence-corrected chi connectivity index (χ0v) is 21.9. The largest absolute Gasteiger partial charge is 0.493 e. The van der Waals surface area contributed by atoms with Crippen molar-refractivity contribution in [2.24, 2.45) is 0 Å². The quantitative estimate of drug-likeness (QED) is 0.364. The fraction of sp³-hybridized carbons (Fsp3) is 0.375. The van der Waals surface area contributed by atoms with Gasteiger partial charge in [-0.05, 0) is 48.2 Å². The molecule has 0 aliphatic carbocycles. The molecule has 4 rings (SSSR count). The molecule has 2 heterocycles. The van der Waals surface area contributed by atoms with E-state index in [4.69, 9.17) is 14.5 Å². The normalized spacial score (nSPS) is 14.9. The molecule has 0 unspecified atom stereocenters. The van der Waals surface area contributed by atoms with Crippen LogP contribution in [0, 0.1) is 0 Å². The lowest BCUT2D eigenvalue weighted by Crippen LogP contribution is -2.39. The first-order valence-electron chi connectivity index (χ1n) is 10.7. The van der Waals surface area contributed by atoms with Crippen molar-refractivity contribution in [3.8, 4) is 11.5 Å². The number of anilines is 1. The number of ether oxygens (including phenoxy) is 2. The van der Waals surface area contributed by atoms with Crippen LogP contribution in [0.25, 0.3) is 0 Å². The number of thiazole rings is 1. The molecule has 0 saturated carbocycles. The molecule has 0 bridgehead atoms. The molecule has 0 atom stereocenters. The van der Waals surface area contributed by atoms with Crippen molar-refractivity contribution in [3.63, 3.8) is 0 Å². The first-order valence-corrected chi connectivity index (χ1v) is 14.3. The van der Waals surface area contributed by atoms with Gasteiger partial charge in [0.1, 0.15) is 0 Å². The van der Waals surface area contributed by atoms with Gasteiger partial charge >= 0.3 is 0 Å². The minimum Gasteiger partial charge on any atom is -0.493 e. The summed E-state index contributed by atoms with van der Waals surface area (Å²) in [6.45, 7) is 1.37. The van der Waals surface area contributed by atoms with Gasteiger partial charge in [-0.2, -0.15) is 0 Å². The Hall–Kier alpha value is -2.10. The number of methoxy groups -OCH3 is 2. The Morgan fingerprint density at radius 3 is 2.33 bits per heavy atom. The van der Waals surface area contributed by atoms with Gasteiger partial charge in [0, 0.05) is 30.2 Å². The van der Waals surface area contributed by atoms with Crippen molar-refractivity contribution in [1.82, 2.24) is 4.98 Å². The Morgan fingerprint density at radius 1 is 1.03 bits per heavy atom. The smallest absolute Gasteiger partial charge is 0.185 e. The second kappa shape index (κ2) is 10.4. The highest BCUT2D eigenvalue weighted by Crippen LogP contribution is 2.31. The van der Waals surface area contributed by atoms with Crippen LogP contribution in [0.4, 0.5) is 5.13 Å². The highest BCUT2D eigenvalue weighted by atomic mass is 79.9. The summed E-state index contributed by atoms with van der Waals surface area (Å²) in [5.41, 5.74) is 3.15. The zero-order chi connectivity index (χ0) is 23.4. The van der Waals surface area contributed by atoms with Gasteiger partial charge in [-0.25, -0.2) is 13.4 Å². The Labute approximate surface area is 207 Å². The van der Waals surface area contributed by atoms with Gasteiger partial charge in [0.2, 0.25) is 0 Å². The molecule has 1 aliphatic rings. The number of hydrogen-bond acceptors (Lipinski definition) is 7. The highest BCUT2D eigenvalue weighted by Gasteiger charge is 2.32. The van der Waals surface area contributed by atoms with Crippen LogP contribution >= 0.6 is 27.3 Å². The van der Waals surface area contributed by atoms with Gasteiger partial charge in [-0.15, -0.1) is 11.3 Å². The van der Waals surface area contributed by atoms with Gasteiger partial charge in [0.15, 0.2) is 26.5 Å². The van der Waals surface area contributed by atoms with E-state index in [2.05, 4.69) is 26.2 Å². The summed E-state index contributed by atoms with van der Waals surface area (Å²) in [6.07, 6.45) is 1.91. The van der Waals surface area contributed by atoms with Crippen molar-refractivity contribution in [3.05, 3.63) is 64.7 Å². The number of nitrogens with zero attached hydrogens (tertiary/aromatic N) is 2. The van der Waals surface area contributed by atoms with Crippen LogP contribution in [-0.2, 0) is 21.6 Å². The van der Waals surface area contributed by atoms with E-state index in [0.717, 1.165) is 22.0 Å². The lowest BCUT2D eigenvalue weighted by molar-refractivity contribution is 0.354. The highest BCUT2D eigenvalue weighted by molar-refractivity contribution is 9.08. The van der Waals surface area contributed by atoms with Gasteiger partial charge in [-0.1, -0.05) is 34.1 Å². The average molecular weight is 552 g/mol. The number of benzene rings is 2. The summed E-state index contributed by atoms with van der Waals surface area (Å²) in [5.74, 6) is 1.41. The lowest BCUT2D eigenvalue weighted by Gasteiger charge is -2.31. The van der Waals surface area contributed by atoms with Crippen LogP contribution in [0.3, 0.4) is 0 Å².